The van der Waals surface area contributed by atoms with Crippen molar-refractivity contribution in [1.29, 1.82) is 0 Å². The lowest BCUT2D eigenvalue weighted by molar-refractivity contribution is 0.139. The number of hydrogen-bond donors (Lipinski definition) is 1. The molecule has 0 heterocycles. The monoisotopic (exact) mass is 213 g/mol. The van der Waals surface area contributed by atoms with Gasteiger partial charge in [-0.05, 0) is 18.6 Å². The Bertz CT molecular complexity index is 204. The topological polar surface area (TPSA) is 35.2 Å². The van der Waals surface area contributed by atoms with Crippen LogP contribution >= 0.6 is 11.8 Å². The van der Waals surface area contributed by atoms with E-state index in [9.17, 15) is 0 Å². The maximum Gasteiger partial charge on any atom is 0.0687 e. The van der Waals surface area contributed by atoms with Gasteiger partial charge >= 0.3 is 0 Å². The fourth-order valence-electron chi connectivity index (χ4n) is 0.849. The van der Waals surface area contributed by atoms with Crippen LogP contribution < -0.4 is 5.90 Å². The molecular weight excluding hydrogens is 194 g/mol. The number of benzene rings is 1. The van der Waals surface area contributed by atoms with Crippen LogP contribution in [0.1, 0.15) is 20.3 Å². The van der Waals surface area contributed by atoms with E-state index in [1.807, 2.05) is 43.8 Å². The Morgan fingerprint density at radius 1 is 1.21 bits per heavy atom. The van der Waals surface area contributed by atoms with E-state index >= 15 is 0 Å². The minimum Gasteiger partial charge on any atom is -0.305 e. The van der Waals surface area contributed by atoms with Gasteiger partial charge in [-0.1, -0.05) is 32.0 Å². The largest absolute Gasteiger partial charge is 0.305 e. The smallest absolute Gasteiger partial charge is 0.0687 e. The van der Waals surface area contributed by atoms with Crippen molar-refractivity contribution in [3.63, 3.8) is 0 Å². The summed E-state index contributed by atoms with van der Waals surface area (Å²) in [6.45, 7) is 4.64. The van der Waals surface area contributed by atoms with Crippen molar-refractivity contribution in [2.75, 3.05) is 12.4 Å². The molecule has 0 saturated heterocycles. The molecule has 80 valence electrons. The Balaban J connectivity index is 0.000000791. The maximum absolute atomic E-state index is 4.90. The molecule has 0 bridgehead atoms. The molecule has 14 heavy (non-hydrogen) atoms. The molecule has 1 aromatic carbocycles. The van der Waals surface area contributed by atoms with Gasteiger partial charge in [0.1, 0.15) is 0 Å². The molecule has 0 saturated carbocycles. The predicted molar refractivity (Wildman–Crippen MR) is 63.3 cm³/mol. The van der Waals surface area contributed by atoms with E-state index in [1.165, 1.54) is 4.90 Å². The molecule has 0 unspecified atom stereocenters. The summed E-state index contributed by atoms with van der Waals surface area (Å²) in [6.07, 6.45) is 0.996. The minimum atomic E-state index is 0.639. The van der Waals surface area contributed by atoms with E-state index in [2.05, 4.69) is 17.0 Å². The molecule has 1 aromatic rings. The normalized spacial score (nSPS) is 9.07. The summed E-state index contributed by atoms with van der Waals surface area (Å²) in [5.74, 6) is 5.96. The van der Waals surface area contributed by atoms with Gasteiger partial charge in [-0.2, -0.15) is 0 Å². The SMILES string of the molecule is CC.NOCCCSc1ccccc1. The van der Waals surface area contributed by atoms with E-state index in [0.717, 1.165) is 12.2 Å². The maximum atomic E-state index is 4.90. The highest BCUT2D eigenvalue weighted by Gasteiger charge is 1.91. The molecule has 1 rings (SSSR count). The van der Waals surface area contributed by atoms with Crippen molar-refractivity contribution >= 4 is 11.8 Å². The van der Waals surface area contributed by atoms with Gasteiger partial charge in [0.05, 0.1) is 6.61 Å². The van der Waals surface area contributed by atoms with Gasteiger partial charge in [0.25, 0.3) is 0 Å². The third-order valence-corrected chi connectivity index (χ3v) is 2.52. The highest BCUT2D eigenvalue weighted by atomic mass is 32.2. The fourth-order valence-corrected chi connectivity index (χ4v) is 1.70. The zero-order chi connectivity index (χ0) is 10.6. The van der Waals surface area contributed by atoms with E-state index in [-0.39, 0.29) is 0 Å². The second-order valence-corrected chi connectivity index (χ2v) is 3.55. The van der Waals surface area contributed by atoms with Gasteiger partial charge < -0.3 is 4.84 Å². The quantitative estimate of drug-likeness (QED) is 0.464. The van der Waals surface area contributed by atoms with Crippen LogP contribution in [0.3, 0.4) is 0 Å². The highest BCUT2D eigenvalue weighted by molar-refractivity contribution is 7.99. The molecule has 2 nitrogen and oxygen atoms in total. The molecule has 0 radical (unpaired) electrons. The first-order valence-corrected chi connectivity index (χ1v) is 5.91. The first kappa shape index (κ1) is 13.5. The van der Waals surface area contributed by atoms with Crippen LogP contribution in [0.25, 0.3) is 0 Å². The van der Waals surface area contributed by atoms with E-state index in [0.29, 0.717) is 6.61 Å². The molecule has 2 N–H and O–H groups in total. The average molecular weight is 213 g/mol. The Kier molecular flexibility index (Phi) is 10.2. The summed E-state index contributed by atoms with van der Waals surface area (Å²) < 4.78 is 0. The molecule has 0 fully saturated rings. The molecule has 0 aliphatic rings. The summed E-state index contributed by atoms with van der Waals surface area (Å²) in [5, 5.41) is 0. The summed E-state index contributed by atoms with van der Waals surface area (Å²) in [5.41, 5.74) is 0. The minimum absolute atomic E-state index is 0.639. The van der Waals surface area contributed by atoms with Crippen LogP contribution in [-0.2, 0) is 4.84 Å². The Labute approximate surface area is 90.8 Å². The second kappa shape index (κ2) is 10.6. The van der Waals surface area contributed by atoms with Gasteiger partial charge in [0, 0.05) is 10.6 Å². The van der Waals surface area contributed by atoms with Gasteiger partial charge in [-0.15, -0.1) is 11.8 Å². The van der Waals surface area contributed by atoms with Crippen molar-refractivity contribution in [1.82, 2.24) is 0 Å². The predicted octanol–water partition coefficient (Wildman–Crippen LogP) is 3.09. The van der Waals surface area contributed by atoms with Crippen molar-refractivity contribution < 1.29 is 4.84 Å². The lowest BCUT2D eigenvalue weighted by Crippen LogP contribution is -2.01. The van der Waals surface area contributed by atoms with Crippen molar-refractivity contribution in [2.45, 2.75) is 25.2 Å². The Morgan fingerprint density at radius 2 is 1.86 bits per heavy atom. The van der Waals surface area contributed by atoms with Gasteiger partial charge in [-0.25, -0.2) is 5.90 Å². The van der Waals surface area contributed by atoms with Crippen LogP contribution in [0.15, 0.2) is 35.2 Å². The van der Waals surface area contributed by atoms with Crippen LogP contribution in [0.2, 0.25) is 0 Å². The lowest BCUT2D eigenvalue weighted by Gasteiger charge is -1.99. The van der Waals surface area contributed by atoms with Gasteiger partial charge in [0.15, 0.2) is 0 Å². The number of rotatable bonds is 5. The molecule has 0 aliphatic heterocycles. The zero-order valence-corrected chi connectivity index (χ0v) is 9.72. The Morgan fingerprint density at radius 3 is 2.43 bits per heavy atom. The highest BCUT2D eigenvalue weighted by Crippen LogP contribution is 2.17. The fraction of sp³-hybridized carbons (Fsp3) is 0.455. The second-order valence-electron chi connectivity index (χ2n) is 2.39. The van der Waals surface area contributed by atoms with E-state index in [1.54, 1.807) is 0 Å². The van der Waals surface area contributed by atoms with Crippen molar-refractivity contribution in [3.8, 4) is 0 Å². The third kappa shape index (κ3) is 6.95. The summed E-state index contributed by atoms with van der Waals surface area (Å²) in [7, 11) is 0. The number of thioether (sulfide) groups is 1. The standard InChI is InChI=1S/C9H13NOS.C2H6/c10-11-7-4-8-12-9-5-2-1-3-6-9;1-2/h1-3,5-6H,4,7-8,10H2;1-2H3. The molecule has 3 heteroatoms. The Hall–Kier alpha value is -0.510. The number of hydrogen-bond acceptors (Lipinski definition) is 3. The van der Waals surface area contributed by atoms with E-state index in [4.69, 9.17) is 5.90 Å². The average Bonchev–Trinajstić information content (AvgIpc) is 2.29. The first-order chi connectivity index (χ1) is 6.93. The molecule has 0 amide bonds. The summed E-state index contributed by atoms with van der Waals surface area (Å²) >= 11 is 1.82. The van der Waals surface area contributed by atoms with E-state index < -0.39 is 0 Å². The lowest BCUT2D eigenvalue weighted by atomic mass is 10.4. The van der Waals surface area contributed by atoms with Crippen LogP contribution in [0.5, 0.6) is 0 Å². The molecule has 0 aromatic heterocycles. The van der Waals surface area contributed by atoms with Crippen molar-refractivity contribution in [2.24, 2.45) is 5.90 Å². The third-order valence-electron chi connectivity index (χ3n) is 1.42. The van der Waals surface area contributed by atoms with Gasteiger partial charge in [0.2, 0.25) is 0 Å². The van der Waals surface area contributed by atoms with Crippen LogP contribution in [-0.4, -0.2) is 12.4 Å². The number of nitrogens with two attached hydrogens (primary N) is 1. The van der Waals surface area contributed by atoms with Crippen LogP contribution in [0, 0.1) is 0 Å². The van der Waals surface area contributed by atoms with Crippen LogP contribution in [0.4, 0.5) is 0 Å². The van der Waals surface area contributed by atoms with Gasteiger partial charge in [-0.3, -0.25) is 0 Å². The molecule has 0 atom stereocenters. The van der Waals surface area contributed by atoms with Crippen molar-refractivity contribution in [3.05, 3.63) is 30.3 Å². The summed E-state index contributed by atoms with van der Waals surface area (Å²) in [4.78, 5) is 5.77. The molecule has 0 aliphatic carbocycles. The first-order valence-electron chi connectivity index (χ1n) is 4.93. The summed E-state index contributed by atoms with van der Waals surface area (Å²) in [6, 6.07) is 10.3. The molecule has 0 spiro atoms. The zero-order valence-electron chi connectivity index (χ0n) is 8.90. The molecular formula is C11H19NOS.